The normalized spacial score (nSPS) is 0. The zero-order valence-electron chi connectivity index (χ0n) is 1.17. The van der Waals surface area contributed by atoms with Crippen LogP contribution >= 0.6 is 0 Å². The van der Waals surface area contributed by atoms with E-state index in [-0.39, 0.29) is 41.4 Å². The third-order valence-electron chi connectivity index (χ3n) is 0. The molecule has 2 nitrogen and oxygen atoms in total. The molecule has 0 aliphatic rings. The van der Waals surface area contributed by atoms with E-state index in [1.807, 2.05) is 0 Å². The summed E-state index contributed by atoms with van der Waals surface area (Å²) in [6.07, 6.45) is 0. The fourth-order valence-electron chi connectivity index (χ4n) is 0. The second-order valence-electron chi connectivity index (χ2n) is 0. The van der Waals surface area contributed by atoms with Crippen molar-refractivity contribution in [1.82, 2.24) is 0 Å². The van der Waals surface area contributed by atoms with Gasteiger partial charge in [-0.1, -0.05) is 0 Å². The van der Waals surface area contributed by atoms with Crippen molar-refractivity contribution in [2.75, 3.05) is 0 Å². The smallest absolute Gasteiger partial charge is 2.00 e. The van der Waals surface area contributed by atoms with Gasteiger partial charge in [0, 0.05) is 0 Å². The van der Waals surface area contributed by atoms with E-state index in [1.54, 1.807) is 0 Å². The van der Waals surface area contributed by atoms with Crippen LogP contribution in [0.4, 0.5) is 0 Å². The molecule has 0 aromatic rings. The molecule has 0 N–H and O–H groups in total. The summed E-state index contributed by atoms with van der Waals surface area (Å²) < 4.78 is 0. The first kappa shape index (κ1) is 116. The third kappa shape index (κ3) is 14.8. The minimum absolute atomic E-state index is 0. The first-order valence-corrected chi connectivity index (χ1v) is 0. The molecule has 4 heavy (non-hydrogen) atoms. The van der Waals surface area contributed by atoms with Crippen LogP contribution < -0.4 is 0 Å². The Morgan fingerprint density at radius 2 is 0.750 bits per heavy atom. The number of hydrogen-bond acceptors (Lipinski definition) is 0. The zero-order valence-corrected chi connectivity index (χ0v) is 2.91. The maximum atomic E-state index is 0. The van der Waals surface area contributed by atoms with Crippen LogP contribution in [-0.2, 0) is 30.4 Å². The van der Waals surface area contributed by atoms with Gasteiger partial charge in [0.25, 0.3) is 0 Å². The molecule has 0 amide bonds. The summed E-state index contributed by atoms with van der Waals surface area (Å²) >= 11 is 0. The molecule has 4 heteroatoms. The van der Waals surface area contributed by atoms with Gasteiger partial charge in [0.1, 0.15) is 0 Å². The van der Waals surface area contributed by atoms with Gasteiger partial charge in [0.2, 0.25) is 0 Å². The second kappa shape index (κ2) is 49.6. The van der Waals surface area contributed by atoms with E-state index in [2.05, 4.69) is 0 Å². The van der Waals surface area contributed by atoms with Crippen molar-refractivity contribution in [2.24, 2.45) is 0 Å². The molecule has 0 saturated heterocycles. The van der Waals surface area contributed by atoms with Gasteiger partial charge in [0.15, 0.2) is 0 Å². The predicted molar refractivity (Wildman–Crippen MR) is 12.7 cm³/mol. The molecular weight excluding hydrogens is 161 g/mol. The van der Waals surface area contributed by atoms with Crippen LogP contribution in [0.1, 0.15) is 0 Å². The first-order chi connectivity index (χ1) is 0. The summed E-state index contributed by atoms with van der Waals surface area (Å²) in [6.45, 7) is 0. The molecule has 28 valence electrons. The maximum absolute atomic E-state index is 0. The van der Waals surface area contributed by atoms with E-state index >= 15 is 0 Å². The van der Waals surface area contributed by atoms with Crippen LogP contribution in [0.25, 0.3) is 0 Å². The van der Waals surface area contributed by atoms with Crippen molar-refractivity contribution < 1.29 is 30.4 Å². The summed E-state index contributed by atoms with van der Waals surface area (Å²) in [5.41, 5.74) is 0. The molecule has 0 radical (unpaired) electrons. The van der Waals surface area contributed by atoms with Gasteiger partial charge >= 0.3 is 19.5 Å². The summed E-state index contributed by atoms with van der Waals surface area (Å²) in [7, 11) is 0. The SMILES string of the molecule is [O-2].[O-2].[Ru+4].[SiH4]. The summed E-state index contributed by atoms with van der Waals surface area (Å²) in [5.74, 6) is 0. The average molecular weight is 165 g/mol. The number of rotatable bonds is 0. The van der Waals surface area contributed by atoms with Crippen LogP contribution in [0.2, 0.25) is 0 Å². The van der Waals surface area contributed by atoms with Crippen LogP contribution in [-0.4, -0.2) is 11.0 Å². The van der Waals surface area contributed by atoms with Crippen LogP contribution in [0.15, 0.2) is 0 Å². The molecule has 0 unspecified atom stereocenters. The average Bonchev–Trinajstić information content (AvgIpc) is 0. The minimum atomic E-state index is 0. The van der Waals surface area contributed by atoms with E-state index in [0.29, 0.717) is 0 Å². The van der Waals surface area contributed by atoms with Gasteiger partial charge in [0.05, 0.1) is 0 Å². The van der Waals surface area contributed by atoms with Gasteiger partial charge in [-0.3, -0.25) is 0 Å². The van der Waals surface area contributed by atoms with E-state index in [1.165, 1.54) is 0 Å². The molecular formula is H4O2RuSi. The van der Waals surface area contributed by atoms with Gasteiger partial charge in [-0.15, -0.1) is 0 Å². The van der Waals surface area contributed by atoms with Crippen molar-refractivity contribution in [3.63, 3.8) is 0 Å². The van der Waals surface area contributed by atoms with E-state index in [4.69, 9.17) is 0 Å². The van der Waals surface area contributed by atoms with Crippen LogP contribution in [0, 0.1) is 0 Å². The van der Waals surface area contributed by atoms with Crippen molar-refractivity contribution >= 4 is 11.0 Å². The summed E-state index contributed by atoms with van der Waals surface area (Å²) in [5, 5.41) is 0. The van der Waals surface area contributed by atoms with Crippen molar-refractivity contribution in [2.45, 2.75) is 0 Å². The van der Waals surface area contributed by atoms with Gasteiger partial charge in [-0.25, -0.2) is 0 Å². The minimum Gasteiger partial charge on any atom is -2.00 e. The molecule has 0 atom stereocenters. The Balaban J connectivity index is 0. The van der Waals surface area contributed by atoms with Crippen LogP contribution in [0.3, 0.4) is 0 Å². The van der Waals surface area contributed by atoms with Gasteiger partial charge in [-0.2, -0.15) is 0 Å². The molecule has 0 aliphatic heterocycles. The quantitative estimate of drug-likeness (QED) is 0.384. The Hall–Kier alpha value is 0.760. The summed E-state index contributed by atoms with van der Waals surface area (Å²) in [6, 6.07) is 0. The standard InChI is InChI=1S/2O.Ru.H4Si/h;;;1H4/q2*-2;+4;. The van der Waals surface area contributed by atoms with Crippen LogP contribution in [0.5, 0.6) is 0 Å². The fraction of sp³-hybridized carbons (Fsp3) is 0. The van der Waals surface area contributed by atoms with E-state index in [0.717, 1.165) is 0 Å². The molecule has 0 aliphatic carbocycles. The fourth-order valence-corrected chi connectivity index (χ4v) is 0. The van der Waals surface area contributed by atoms with E-state index in [9.17, 15) is 0 Å². The second-order valence-corrected chi connectivity index (χ2v) is 0. The summed E-state index contributed by atoms with van der Waals surface area (Å²) in [4.78, 5) is 0. The monoisotopic (exact) mass is 166 g/mol. The van der Waals surface area contributed by atoms with E-state index < -0.39 is 0 Å². The molecule has 0 spiro atoms. The van der Waals surface area contributed by atoms with Crippen molar-refractivity contribution in [3.05, 3.63) is 0 Å². The van der Waals surface area contributed by atoms with Gasteiger partial charge < -0.3 is 11.0 Å². The largest absolute Gasteiger partial charge is 4.00 e. The zero-order chi connectivity index (χ0) is 0. The Labute approximate surface area is 42.0 Å². The topological polar surface area (TPSA) is 57.0 Å². The molecule has 0 aromatic heterocycles. The molecule has 0 saturated carbocycles. The number of hydrogen-bond donors (Lipinski definition) is 0. The van der Waals surface area contributed by atoms with Crippen molar-refractivity contribution in [3.8, 4) is 0 Å². The Bertz CT molecular complexity index is 6.00. The molecule has 0 rings (SSSR count). The molecule has 0 fully saturated rings. The molecule has 0 aromatic carbocycles. The first-order valence-electron chi connectivity index (χ1n) is 0. The predicted octanol–water partition coefficient (Wildman–Crippen LogP) is -1.69. The third-order valence-corrected chi connectivity index (χ3v) is 0. The Morgan fingerprint density at radius 1 is 0.750 bits per heavy atom. The molecule has 0 bridgehead atoms. The van der Waals surface area contributed by atoms with Crippen molar-refractivity contribution in [1.29, 1.82) is 0 Å². The maximum Gasteiger partial charge on any atom is 4.00 e. The molecule has 0 heterocycles. The van der Waals surface area contributed by atoms with Gasteiger partial charge in [-0.05, 0) is 11.0 Å². The Morgan fingerprint density at radius 3 is 0.750 bits per heavy atom. The Kier molecular flexibility index (Phi) is 1440.